The van der Waals surface area contributed by atoms with Crippen LogP contribution in [0.4, 0.5) is 0 Å². The molecule has 5 atom stereocenters. The average Bonchev–Trinajstić information content (AvgIpc) is 2.86. The smallest absolute Gasteiger partial charge is 0.335 e. The quantitative estimate of drug-likeness (QED) is 0.143. The first kappa shape index (κ1) is 31.4. The summed E-state index contributed by atoms with van der Waals surface area (Å²) in [6.45, 7) is 8.71. The van der Waals surface area contributed by atoms with Crippen LogP contribution in [0.3, 0.4) is 0 Å². The Morgan fingerprint density at radius 1 is 0.974 bits per heavy atom. The molecule has 0 radical (unpaired) electrons. The third-order valence-electron chi connectivity index (χ3n) is 5.89. The summed E-state index contributed by atoms with van der Waals surface area (Å²) < 4.78 is 16.1. The molecule has 1 heterocycles. The van der Waals surface area contributed by atoms with Crippen molar-refractivity contribution < 1.29 is 49.0 Å². The number of carboxylic acid groups (broad SMARTS) is 1. The lowest BCUT2D eigenvalue weighted by molar-refractivity contribution is -0.271. The number of carboxylic acids is 1. The summed E-state index contributed by atoms with van der Waals surface area (Å²) in [6.07, 6.45) is -6.46. The molecule has 12 nitrogen and oxygen atoms in total. The predicted molar refractivity (Wildman–Crippen MR) is 135 cm³/mol. The van der Waals surface area contributed by atoms with Crippen LogP contribution in [0.1, 0.15) is 62.9 Å². The molecule has 5 unspecified atom stereocenters. The van der Waals surface area contributed by atoms with Gasteiger partial charge in [0.2, 0.25) is 6.29 Å². The van der Waals surface area contributed by atoms with Gasteiger partial charge in [-0.05, 0) is 37.1 Å². The minimum atomic E-state index is -1.88. The summed E-state index contributed by atoms with van der Waals surface area (Å²) in [5, 5.41) is 45.7. The molecule has 1 aromatic rings. The van der Waals surface area contributed by atoms with E-state index in [0.717, 1.165) is 25.8 Å². The topological polar surface area (TPSA) is 184 Å². The van der Waals surface area contributed by atoms with Crippen LogP contribution in [0, 0.1) is 5.92 Å². The maximum absolute atomic E-state index is 13.1. The first-order chi connectivity index (χ1) is 17.9. The highest BCUT2D eigenvalue weighted by Crippen LogP contribution is 2.28. The molecular formula is C26H40N2O10. The second kappa shape index (κ2) is 15.0. The Balaban J connectivity index is 2.15. The minimum Gasteiger partial charge on any atom is -0.479 e. The summed E-state index contributed by atoms with van der Waals surface area (Å²) in [5.74, 6) is -2.85. The maximum atomic E-state index is 13.1. The normalized spacial score (nSPS) is 23.3. The Kier molecular flexibility index (Phi) is 12.4. The molecule has 0 bridgehead atoms. The van der Waals surface area contributed by atoms with Crippen LogP contribution < -0.4 is 15.4 Å². The van der Waals surface area contributed by atoms with Crippen LogP contribution in [0.15, 0.2) is 18.2 Å². The van der Waals surface area contributed by atoms with E-state index in [-0.39, 0.29) is 23.8 Å². The molecule has 12 heteroatoms. The van der Waals surface area contributed by atoms with Gasteiger partial charge in [0.1, 0.15) is 30.7 Å². The highest BCUT2D eigenvalue weighted by molar-refractivity contribution is 5.97. The Hall–Kier alpha value is -2.77. The molecule has 1 amide bonds. The fourth-order valence-corrected chi connectivity index (χ4v) is 3.66. The minimum absolute atomic E-state index is 0.0351. The summed E-state index contributed by atoms with van der Waals surface area (Å²) >= 11 is 0. The zero-order valence-electron chi connectivity index (χ0n) is 22.3. The Morgan fingerprint density at radius 3 is 2.29 bits per heavy atom. The zero-order chi connectivity index (χ0) is 28.4. The number of carbonyl (C=O) groups excluding carboxylic acids is 2. The van der Waals surface area contributed by atoms with E-state index in [1.54, 1.807) is 13.8 Å². The van der Waals surface area contributed by atoms with Gasteiger partial charge in [0, 0.05) is 12.6 Å². The molecule has 0 spiro atoms. The summed E-state index contributed by atoms with van der Waals surface area (Å²) in [4.78, 5) is 36.3. The average molecular weight is 541 g/mol. The molecular weight excluding hydrogens is 500 g/mol. The van der Waals surface area contributed by atoms with Crippen LogP contribution in [-0.4, -0.2) is 88.1 Å². The van der Waals surface area contributed by atoms with Gasteiger partial charge in [0.15, 0.2) is 6.10 Å². The Labute approximate surface area is 222 Å². The molecule has 0 aromatic heterocycles. The van der Waals surface area contributed by atoms with Gasteiger partial charge in [0.05, 0.1) is 11.5 Å². The van der Waals surface area contributed by atoms with Crippen LogP contribution in [0.2, 0.25) is 0 Å². The third kappa shape index (κ3) is 9.21. The third-order valence-corrected chi connectivity index (χ3v) is 5.89. The van der Waals surface area contributed by atoms with Crippen molar-refractivity contribution in [3.8, 4) is 5.75 Å². The van der Waals surface area contributed by atoms with E-state index < -0.39 is 48.6 Å². The number of ether oxygens (including phenoxy) is 3. The highest BCUT2D eigenvalue weighted by atomic mass is 16.7. The van der Waals surface area contributed by atoms with Gasteiger partial charge < -0.3 is 45.3 Å². The highest BCUT2D eigenvalue weighted by Gasteiger charge is 2.48. The predicted octanol–water partition coefficient (Wildman–Crippen LogP) is 0.555. The van der Waals surface area contributed by atoms with Gasteiger partial charge in [0.25, 0.3) is 5.91 Å². The number of carbonyl (C=O) groups is 3. The zero-order valence-corrected chi connectivity index (χ0v) is 22.3. The number of benzene rings is 1. The Morgan fingerprint density at radius 2 is 1.66 bits per heavy atom. The molecule has 6 N–H and O–H groups in total. The van der Waals surface area contributed by atoms with Crippen molar-refractivity contribution in [1.82, 2.24) is 10.6 Å². The summed E-state index contributed by atoms with van der Waals surface area (Å²) in [6, 6.07) is 4.80. The molecule has 1 fully saturated rings. The number of aliphatic hydroxyl groups excluding tert-OH is 3. The largest absolute Gasteiger partial charge is 0.479 e. The fourth-order valence-electron chi connectivity index (χ4n) is 3.66. The van der Waals surface area contributed by atoms with Gasteiger partial charge in [-0.15, -0.1) is 0 Å². The molecule has 2 rings (SSSR count). The van der Waals surface area contributed by atoms with E-state index in [1.807, 2.05) is 0 Å². The Bertz CT molecular complexity index is 939. The second-order valence-electron chi connectivity index (χ2n) is 9.87. The number of esters is 1. The number of rotatable bonds is 14. The molecule has 0 saturated carbocycles. The molecule has 1 aromatic carbocycles. The van der Waals surface area contributed by atoms with Crippen molar-refractivity contribution >= 4 is 17.8 Å². The maximum Gasteiger partial charge on any atom is 0.335 e. The van der Waals surface area contributed by atoms with E-state index in [9.17, 15) is 34.8 Å². The van der Waals surface area contributed by atoms with Crippen LogP contribution in [0.25, 0.3) is 0 Å². The van der Waals surface area contributed by atoms with Gasteiger partial charge in [-0.25, -0.2) is 4.79 Å². The fraction of sp³-hybridized carbons (Fsp3) is 0.654. The molecule has 1 aliphatic heterocycles. The first-order valence-corrected chi connectivity index (χ1v) is 12.8. The second-order valence-corrected chi connectivity index (χ2v) is 9.87. The van der Waals surface area contributed by atoms with E-state index >= 15 is 0 Å². The van der Waals surface area contributed by atoms with Crippen LogP contribution in [0.5, 0.6) is 5.75 Å². The van der Waals surface area contributed by atoms with Gasteiger partial charge in [-0.2, -0.15) is 0 Å². The number of nitrogens with one attached hydrogen (secondary N) is 2. The van der Waals surface area contributed by atoms with E-state index in [4.69, 9.17) is 14.2 Å². The van der Waals surface area contributed by atoms with Crippen molar-refractivity contribution in [1.29, 1.82) is 0 Å². The van der Waals surface area contributed by atoms with Crippen molar-refractivity contribution in [2.75, 3.05) is 13.1 Å². The van der Waals surface area contributed by atoms with Gasteiger partial charge in [-0.3, -0.25) is 9.59 Å². The first-order valence-electron chi connectivity index (χ1n) is 12.8. The van der Waals surface area contributed by atoms with Crippen molar-refractivity contribution in [2.24, 2.45) is 5.92 Å². The standard InChI is InChI=1S/C26H40N2O10/c1-14(2)25(35)36-13-16-8-9-18(37-26-21(31)19(29)20(30)22(38-26)24(33)34)17(12-16)23(32)28-11-7-5-6-10-27-15(3)4/h8-9,12,14-15,19-22,26-27,29-31H,5-7,10-11,13H2,1-4H3,(H,28,32)(H,33,34). The van der Waals surface area contributed by atoms with Crippen LogP contribution in [-0.2, 0) is 25.7 Å². The number of unbranched alkanes of at least 4 members (excludes halogenated alkanes) is 2. The van der Waals surface area contributed by atoms with Gasteiger partial charge in [-0.1, -0.05) is 40.2 Å². The molecule has 1 aliphatic rings. The van der Waals surface area contributed by atoms with Crippen LogP contribution >= 0.6 is 0 Å². The lowest BCUT2D eigenvalue weighted by Gasteiger charge is -2.38. The molecule has 0 aliphatic carbocycles. The number of hydrogen-bond acceptors (Lipinski definition) is 10. The van der Waals surface area contributed by atoms with Gasteiger partial charge >= 0.3 is 11.9 Å². The molecule has 214 valence electrons. The molecule has 1 saturated heterocycles. The monoisotopic (exact) mass is 540 g/mol. The van der Waals surface area contributed by atoms with E-state index in [2.05, 4.69) is 24.5 Å². The molecule has 38 heavy (non-hydrogen) atoms. The lowest BCUT2D eigenvalue weighted by atomic mass is 9.99. The number of aliphatic hydroxyl groups is 3. The lowest BCUT2D eigenvalue weighted by Crippen LogP contribution is -2.61. The van der Waals surface area contributed by atoms with Crippen molar-refractivity contribution in [3.05, 3.63) is 29.3 Å². The van der Waals surface area contributed by atoms with E-state index in [1.165, 1.54) is 18.2 Å². The summed E-state index contributed by atoms with van der Waals surface area (Å²) in [5.41, 5.74) is 0.535. The number of hydrogen-bond donors (Lipinski definition) is 6. The van der Waals surface area contributed by atoms with Crippen molar-refractivity contribution in [3.63, 3.8) is 0 Å². The SMILES string of the molecule is CC(C)NCCCCCNC(=O)c1cc(COC(=O)C(C)C)ccc1OC1OC(C(=O)O)C(O)C(O)C1O. The number of amides is 1. The summed E-state index contributed by atoms with van der Waals surface area (Å²) in [7, 11) is 0. The van der Waals surface area contributed by atoms with E-state index in [0.29, 0.717) is 18.2 Å². The number of aliphatic carboxylic acids is 1. The van der Waals surface area contributed by atoms with Crippen molar-refractivity contribution in [2.45, 2.75) is 90.3 Å².